The van der Waals surface area contributed by atoms with Gasteiger partial charge in [-0.1, -0.05) is 12.5 Å². The molecule has 35 heavy (non-hydrogen) atoms. The molecule has 8 nitrogen and oxygen atoms in total. The zero-order valence-electron chi connectivity index (χ0n) is 20.0. The SMILES string of the molecule is COc1ccc(-c2ccc3c(c2)COC3=O)c(OC(C2CCOCC2)C2(C(=O)O)CCC2)c1OC. The average Bonchev–Trinajstić information content (AvgIpc) is 3.22. The highest BCUT2D eigenvalue weighted by atomic mass is 16.5. The maximum absolute atomic E-state index is 12.6. The Balaban J connectivity index is 1.63. The fourth-order valence-electron chi connectivity index (χ4n) is 5.53. The number of carboxylic acids is 1. The summed E-state index contributed by atoms with van der Waals surface area (Å²) in [6.07, 6.45) is 2.93. The number of ether oxygens (including phenoxy) is 5. The summed E-state index contributed by atoms with van der Waals surface area (Å²) in [6, 6.07) is 9.19. The molecule has 2 fully saturated rings. The Morgan fingerprint density at radius 2 is 1.80 bits per heavy atom. The van der Waals surface area contributed by atoms with E-state index in [0.29, 0.717) is 48.9 Å². The third-order valence-electron chi connectivity index (χ3n) is 7.65. The second-order valence-electron chi connectivity index (χ2n) is 9.43. The summed E-state index contributed by atoms with van der Waals surface area (Å²) in [5.74, 6) is 0.237. The lowest BCUT2D eigenvalue weighted by Crippen LogP contribution is -2.54. The molecule has 0 aromatic heterocycles. The van der Waals surface area contributed by atoms with Gasteiger partial charge in [-0.05, 0) is 55.5 Å². The fraction of sp³-hybridized carbons (Fsp3) is 0.481. The lowest BCUT2D eigenvalue weighted by molar-refractivity contribution is -0.169. The van der Waals surface area contributed by atoms with Gasteiger partial charge in [0, 0.05) is 30.3 Å². The average molecular weight is 483 g/mol. The minimum Gasteiger partial charge on any atom is -0.493 e. The van der Waals surface area contributed by atoms with E-state index in [-0.39, 0.29) is 18.5 Å². The molecular formula is C27H30O8. The smallest absolute Gasteiger partial charge is 0.338 e. The minimum atomic E-state index is -0.953. The molecule has 2 aromatic carbocycles. The van der Waals surface area contributed by atoms with Crippen molar-refractivity contribution < 1.29 is 38.4 Å². The number of hydrogen-bond acceptors (Lipinski definition) is 7. The van der Waals surface area contributed by atoms with Crippen molar-refractivity contribution in [3.63, 3.8) is 0 Å². The highest BCUT2D eigenvalue weighted by molar-refractivity contribution is 5.94. The Bertz CT molecular complexity index is 1130. The zero-order chi connectivity index (χ0) is 24.6. The van der Waals surface area contributed by atoms with Crippen LogP contribution >= 0.6 is 0 Å². The third-order valence-corrected chi connectivity index (χ3v) is 7.65. The molecule has 0 amide bonds. The molecule has 1 aliphatic carbocycles. The van der Waals surface area contributed by atoms with Gasteiger partial charge in [-0.3, -0.25) is 4.79 Å². The maximum Gasteiger partial charge on any atom is 0.338 e. The molecule has 5 rings (SSSR count). The Hall–Kier alpha value is -3.26. The van der Waals surface area contributed by atoms with Gasteiger partial charge in [0.15, 0.2) is 11.5 Å². The van der Waals surface area contributed by atoms with Crippen molar-refractivity contribution in [1.82, 2.24) is 0 Å². The highest BCUT2D eigenvalue weighted by Gasteiger charge is 2.55. The van der Waals surface area contributed by atoms with Crippen molar-refractivity contribution in [3.05, 3.63) is 41.5 Å². The van der Waals surface area contributed by atoms with Crippen molar-refractivity contribution in [2.24, 2.45) is 11.3 Å². The van der Waals surface area contributed by atoms with Crippen LogP contribution in [0.25, 0.3) is 11.1 Å². The summed E-state index contributed by atoms with van der Waals surface area (Å²) in [4.78, 5) is 24.5. The minimum absolute atomic E-state index is 0.0370. The summed E-state index contributed by atoms with van der Waals surface area (Å²) in [6.45, 7) is 1.39. The number of fused-ring (bicyclic) bond motifs is 1. The van der Waals surface area contributed by atoms with Crippen LogP contribution in [0.1, 0.15) is 48.0 Å². The molecule has 2 aliphatic heterocycles. The van der Waals surface area contributed by atoms with Crippen LogP contribution < -0.4 is 14.2 Å². The molecule has 2 heterocycles. The van der Waals surface area contributed by atoms with E-state index in [2.05, 4.69) is 0 Å². The number of carbonyl (C=O) groups is 2. The molecule has 3 aliphatic rings. The van der Waals surface area contributed by atoms with Crippen LogP contribution in [0.15, 0.2) is 30.3 Å². The first-order valence-electron chi connectivity index (χ1n) is 12.0. The summed E-state index contributed by atoms with van der Waals surface area (Å²) in [5, 5.41) is 10.3. The molecule has 0 spiro atoms. The van der Waals surface area contributed by atoms with E-state index >= 15 is 0 Å². The maximum atomic E-state index is 12.6. The van der Waals surface area contributed by atoms with Gasteiger partial charge in [-0.25, -0.2) is 4.79 Å². The van der Waals surface area contributed by atoms with E-state index in [4.69, 9.17) is 23.7 Å². The fourth-order valence-corrected chi connectivity index (χ4v) is 5.53. The van der Waals surface area contributed by atoms with Gasteiger partial charge in [-0.2, -0.15) is 0 Å². The number of carbonyl (C=O) groups excluding carboxylic acids is 1. The Morgan fingerprint density at radius 3 is 2.43 bits per heavy atom. The van der Waals surface area contributed by atoms with Gasteiger partial charge in [0.05, 0.1) is 19.8 Å². The molecule has 1 atom stereocenters. The Labute approximate surface area is 204 Å². The van der Waals surface area contributed by atoms with E-state index < -0.39 is 17.5 Å². The summed E-state index contributed by atoms with van der Waals surface area (Å²) in [7, 11) is 3.10. The zero-order valence-corrected chi connectivity index (χ0v) is 20.0. The molecule has 0 bridgehead atoms. The quantitative estimate of drug-likeness (QED) is 0.550. The van der Waals surface area contributed by atoms with Crippen molar-refractivity contribution in [2.45, 2.75) is 44.8 Å². The van der Waals surface area contributed by atoms with Crippen LogP contribution in [0.4, 0.5) is 0 Å². The molecule has 1 saturated heterocycles. The number of rotatable bonds is 8. The van der Waals surface area contributed by atoms with Crippen molar-refractivity contribution >= 4 is 11.9 Å². The number of benzene rings is 2. The van der Waals surface area contributed by atoms with Gasteiger partial charge in [0.1, 0.15) is 18.1 Å². The molecule has 8 heteroatoms. The lowest BCUT2D eigenvalue weighted by Gasteiger charge is -2.47. The molecule has 1 saturated carbocycles. The molecule has 0 radical (unpaired) electrons. The summed E-state index contributed by atoms with van der Waals surface area (Å²) < 4.78 is 28.8. The second kappa shape index (κ2) is 9.41. The molecular weight excluding hydrogens is 452 g/mol. The van der Waals surface area contributed by atoms with Gasteiger partial charge in [0.2, 0.25) is 5.75 Å². The number of carboxylic acid groups (broad SMARTS) is 1. The highest BCUT2D eigenvalue weighted by Crippen LogP contribution is 2.53. The van der Waals surface area contributed by atoms with Gasteiger partial charge >= 0.3 is 11.9 Å². The number of hydrogen-bond donors (Lipinski definition) is 1. The summed E-state index contributed by atoms with van der Waals surface area (Å²) >= 11 is 0. The van der Waals surface area contributed by atoms with Gasteiger partial charge < -0.3 is 28.8 Å². The van der Waals surface area contributed by atoms with Crippen LogP contribution in [0, 0.1) is 11.3 Å². The monoisotopic (exact) mass is 482 g/mol. The largest absolute Gasteiger partial charge is 0.493 e. The first kappa shape index (κ1) is 23.5. The molecule has 2 aromatic rings. The van der Waals surface area contributed by atoms with Crippen molar-refractivity contribution in [2.75, 3.05) is 27.4 Å². The molecule has 1 unspecified atom stereocenters. The number of aliphatic carboxylic acids is 1. The van der Waals surface area contributed by atoms with Crippen molar-refractivity contribution in [3.8, 4) is 28.4 Å². The van der Waals surface area contributed by atoms with Gasteiger partial charge in [-0.15, -0.1) is 0 Å². The van der Waals surface area contributed by atoms with Crippen LogP contribution in [-0.4, -0.2) is 50.6 Å². The third kappa shape index (κ3) is 3.99. The molecule has 1 N–H and O–H groups in total. The predicted molar refractivity (Wildman–Crippen MR) is 126 cm³/mol. The van der Waals surface area contributed by atoms with E-state index in [9.17, 15) is 14.7 Å². The second-order valence-corrected chi connectivity index (χ2v) is 9.43. The summed E-state index contributed by atoms with van der Waals surface area (Å²) in [5.41, 5.74) is 1.96. The van der Waals surface area contributed by atoms with Crippen LogP contribution in [0.3, 0.4) is 0 Å². The Kier molecular flexibility index (Phi) is 6.32. The van der Waals surface area contributed by atoms with Crippen molar-refractivity contribution in [1.29, 1.82) is 0 Å². The van der Waals surface area contributed by atoms with Crippen LogP contribution in [-0.2, 0) is 20.9 Å². The van der Waals surface area contributed by atoms with E-state index in [1.54, 1.807) is 26.4 Å². The first-order valence-corrected chi connectivity index (χ1v) is 12.0. The number of methoxy groups -OCH3 is 2. The topological polar surface area (TPSA) is 101 Å². The number of esters is 1. The van der Waals surface area contributed by atoms with Gasteiger partial charge in [0.25, 0.3) is 0 Å². The normalized spacial score (nSPS) is 19.8. The van der Waals surface area contributed by atoms with E-state index in [1.807, 2.05) is 18.2 Å². The predicted octanol–water partition coefficient (Wildman–Crippen LogP) is 4.47. The lowest BCUT2D eigenvalue weighted by atomic mass is 9.61. The van der Waals surface area contributed by atoms with E-state index in [1.165, 1.54) is 0 Å². The van der Waals surface area contributed by atoms with E-state index in [0.717, 1.165) is 36.0 Å². The first-order chi connectivity index (χ1) is 17.0. The number of cyclic esters (lactones) is 1. The Morgan fingerprint density at radius 1 is 1.06 bits per heavy atom. The van der Waals surface area contributed by atoms with Crippen LogP contribution in [0.2, 0.25) is 0 Å². The molecule has 186 valence electrons. The van der Waals surface area contributed by atoms with Crippen LogP contribution in [0.5, 0.6) is 17.2 Å². The standard InChI is InChI=1S/C27H30O8/c1-31-21-7-6-19(17-4-5-20-18(14-17)15-34-25(20)28)22(23(21)32-2)35-24(16-8-12-33-13-9-16)27(26(29)30)10-3-11-27/h4-7,14,16,24H,3,8-13,15H2,1-2H3,(H,29,30).